The van der Waals surface area contributed by atoms with Gasteiger partial charge in [-0.2, -0.15) is 0 Å². The number of hydrogen-bond donors (Lipinski definition) is 2. The van der Waals surface area contributed by atoms with Gasteiger partial charge in [0, 0.05) is 10.9 Å². The zero-order valence-electron chi connectivity index (χ0n) is 16.5. The maximum absolute atomic E-state index is 12.8. The molecule has 0 fully saturated rings. The van der Waals surface area contributed by atoms with Gasteiger partial charge in [-0.25, -0.2) is 4.39 Å². The Labute approximate surface area is 168 Å². The van der Waals surface area contributed by atoms with E-state index in [-0.39, 0.29) is 18.9 Å². The lowest BCUT2D eigenvalue weighted by Crippen LogP contribution is -2.44. The molecule has 29 heavy (non-hydrogen) atoms. The Bertz CT molecular complexity index is 1030. The number of carbonyl (C=O) groups is 2. The third-order valence-corrected chi connectivity index (χ3v) is 4.54. The first kappa shape index (κ1) is 20.4. The fourth-order valence-corrected chi connectivity index (χ4v) is 3.08. The number of hydrogen-bond acceptors (Lipinski definition) is 4. The molecular formula is C22H23FN2O4. The van der Waals surface area contributed by atoms with Gasteiger partial charge in [0.15, 0.2) is 6.61 Å². The summed E-state index contributed by atoms with van der Waals surface area (Å²) in [7, 11) is 0. The zero-order chi connectivity index (χ0) is 21.0. The standard InChI is InChI=1S/C22H23FN2O4/c1-13(2)18-10-19-15(11-29-20(19)8-14(18)3)9-21(26)24-25-22(27)12-28-17-6-4-16(23)5-7-17/h4-8,10-11,13H,9,12H2,1-3H3,(H,24,26)(H,25,27). The number of benzene rings is 2. The van der Waals surface area contributed by atoms with E-state index < -0.39 is 11.7 Å². The molecule has 0 aliphatic heterocycles. The second kappa shape index (κ2) is 8.77. The lowest BCUT2D eigenvalue weighted by Gasteiger charge is -2.10. The van der Waals surface area contributed by atoms with Crippen LogP contribution < -0.4 is 15.6 Å². The molecule has 0 aliphatic rings. The Morgan fingerprint density at radius 1 is 1.10 bits per heavy atom. The highest BCUT2D eigenvalue weighted by atomic mass is 19.1. The summed E-state index contributed by atoms with van der Waals surface area (Å²) in [5, 5.41) is 0.889. The van der Waals surface area contributed by atoms with Crippen LogP contribution in [-0.2, 0) is 16.0 Å². The molecule has 2 amide bonds. The summed E-state index contributed by atoms with van der Waals surface area (Å²) in [6.07, 6.45) is 1.62. The average molecular weight is 398 g/mol. The van der Waals surface area contributed by atoms with E-state index >= 15 is 0 Å². The number of hydrazine groups is 1. The number of carbonyl (C=O) groups excluding carboxylic acids is 2. The first-order chi connectivity index (χ1) is 13.8. The van der Waals surface area contributed by atoms with Gasteiger partial charge >= 0.3 is 0 Å². The number of ether oxygens (including phenoxy) is 1. The van der Waals surface area contributed by atoms with Crippen LogP contribution in [0.1, 0.15) is 36.5 Å². The van der Waals surface area contributed by atoms with Crippen LogP contribution in [0.2, 0.25) is 0 Å². The summed E-state index contributed by atoms with van der Waals surface area (Å²) in [4.78, 5) is 24.0. The van der Waals surface area contributed by atoms with Gasteiger partial charge in [-0.15, -0.1) is 0 Å². The molecule has 0 aliphatic carbocycles. The van der Waals surface area contributed by atoms with Crippen LogP contribution in [0.15, 0.2) is 47.1 Å². The van der Waals surface area contributed by atoms with Gasteiger partial charge in [-0.1, -0.05) is 13.8 Å². The van der Waals surface area contributed by atoms with Crippen LogP contribution >= 0.6 is 0 Å². The maximum atomic E-state index is 12.8. The van der Waals surface area contributed by atoms with Gasteiger partial charge in [0.25, 0.3) is 5.91 Å². The van der Waals surface area contributed by atoms with Crippen molar-refractivity contribution in [3.8, 4) is 5.75 Å². The molecule has 1 aromatic heterocycles. The zero-order valence-corrected chi connectivity index (χ0v) is 16.5. The van der Waals surface area contributed by atoms with Crippen LogP contribution in [0.25, 0.3) is 11.0 Å². The van der Waals surface area contributed by atoms with E-state index in [2.05, 4.69) is 30.8 Å². The molecule has 3 aromatic rings. The lowest BCUT2D eigenvalue weighted by atomic mass is 9.95. The first-order valence-corrected chi connectivity index (χ1v) is 9.30. The van der Waals surface area contributed by atoms with E-state index in [9.17, 15) is 14.0 Å². The second-order valence-corrected chi connectivity index (χ2v) is 7.14. The van der Waals surface area contributed by atoms with Crippen molar-refractivity contribution in [2.75, 3.05) is 6.61 Å². The molecule has 2 N–H and O–H groups in total. The van der Waals surface area contributed by atoms with Crippen LogP contribution in [-0.4, -0.2) is 18.4 Å². The fraction of sp³-hybridized carbons (Fsp3) is 0.273. The van der Waals surface area contributed by atoms with Gasteiger partial charge in [-0.05, 0) is 60.4 Å². The molecule has 152 valence electrons. The molecule has 2 aromatic carbocycles. The molecule has 0 unspecified atom stereocenters. The van der Waals surface area contributed by atoms with Gasteiger partial charge in [0.1, 0.15) is 17.1 Å². The lowest BCUT2D eigenvalue weighted by molar-refractivity contribution is -0.129. The Kier molecular flexibility index (Phi) is 6.16. The average Bonchev–Trinajstić information content (AvgIpc) is 3.06. The summed E-state index contributed by atoms with van der Waals surface area (Å²) in [5.41, 5.74) is 8.47. The topological polar surface area (TPSA) is 80.6 Å². The minimum Gasteiger partial charge on any atom is -0.484 e. The van der Waals surface area contributed by atoms with Crippen molar-refractivity contribution >= 4 is 22.8 Å². The van der Waals surface area contributed by atoms with Crippen molar-refractivity contribution in [1.82, 2.24) is 10.9 Å². The second-order valence-electron chi connectivity index (χ2n) is 7.14. The molecular weight excluding hydrogens is 375 g/mol. The summed E-state index contributed by atoms with van der Waals surface area (Å²) < 4.78 is 23.6. The first-order valence-electron chi connectivity index (χ1n) is 9.30. The van der Waals surface area contributed by atoms with Crippen molar-refractivity contribution in [2.45, 2.75) is 33.1 Å². The predicted octanol–water partition coefficient (Wildman–Crippen LogP) is 3.77. The third kappa shape index (κ3) is 5.13. The highest BCUT2D eigenvalue weighted by Crippen LogP contribution is 2.29. The van der Waals surface area contributed by atoms with Crippen LogP contribution in [0.5, 0.6) is 5.75 Å². The van der Waals surface area contributed by atoms with E-state index in [1.54, 1.807) is 6.26 Å². The van der Waals surface area contributed by atoms with Crippen molar-refractivity contribution in [3.05, 3.63) is 65.2 Å². The Hall–Kier alpha value is -3.35. The normalized spacial score (nSPS) is 10.9. The summed E-state index contributed by atoms with van der Waals surface area (Å²) in [5.74, 6) is -0.589. The summed E-state index contributed by atoms with van der Waals surface area (Å²) in [6.45, 7) is 5.96. The van der Waals surface area contributed by atoms with Gasteiger partial charge in [0.2, 0.25) is 5.91 Å². The van der Waals surface area contributed by atoms with E-state index in [0.29, 0.717) is 11.7 Å². The summed E-state index contributed by atoms with van der Waals surface area (Å²) in [6, 6.07) is 9.32. The minimum absolute atomic E-state index is 0.0622. The molecule has 3 rings (SSSR count). The van der Waals surface area contributed by atoms with Crippen molar-refractivity contribution in [2.24, 2.45) is 0 Å². The van der Waals surface area contributed by atoms with Crippen LogP contribution in [0.3, 0.4) is 0 Å². The molecule has 0 atom stereocenters. The highest BCUT2D eigenvalue weighted by Gasteiger charge is 2.14. The van der Waals surface area contributed by atoms with E-state index in [1.165, 1.54) is 29.8 Å². The number of halogens is 1. The number of aryl methyl sites for hydroxylation is 1. The van der Waals surface area contributed by atoms with E-state index in [1.807, 2.05) is 13.0 Å². The van der Waals surface area contributed by atoms with Gasteiger partial charge < -0.3 is 9.15 Å². The summed E-state index contributed by atoms with van der Waals surface area (Å²) >= 11 is 0. The predicted molar refractivity (Wildman–Crippen MR) is 107 cm³/mol. The molecule has 7 heteroatoms. The van der Waals surface area contributed by atoms with Crippen molar-refractivity contribution < 1.29 is 23.1 Å². The number of fused-ring (bicyclic) bond motifs is 1. The number of nitrogens with one attached hydrogen (secondary N) is 2. The smallest absolute Gasteiger partial charge is 0.276 e. The molecule has 0 saturated carbocycles. The van der Waals surface area contributed by atoms with Crippen LogP contribution in [0.4, 0.5) is 4.39 Å². The number of rotatable bonds is 6. The minimum atomic E-state index is -0.530. The van der Waals surface area contributed by atoms with E-state index in [0.717, 1.165) is 22.1 Å². The van der Waals surface area contributed by atoms with Crippen molar-refractivity contribution in [1.29, 1.82) is 0 Å². The van der Waals surface area contributed by atoms with Crippen LogP contribution in [0, 0.1) is 12.7 Å². The molecule has 6 nitrogen and oxygen atoms in total. The Morgan fingerprint density at radius 3 is 2.48 bits per heavy atom. The molecule has 0 spiro atoms. The Morgan fingerprint density at radius 2 is 1.79 bits per heavy atom. The molecule has 1 heterocycles. The largest absolute Gasteiger partial charge is 0.484 e. The SMILES string of the molecule is Cc1cc2occ(CC(=O)NNC(=O)COc3ccc(F)cc3)c2cc1C(C)C. The van der Waals surface area contributed by atoms with Gasteiger partial charge in [-0.3, -0.25) is 20.4 Å². The number of furan rings is 1. The Balaban J connectivity index is 1.54. The monoisotopic (exact) mass is 398 g/mol. The maximum Gasteiger partial charge on any atom is 0.276 e. The quantitative estimate of drug-likeness (QED) is 0.620. The van der Waals surface area contributed by atoms with E-state index in [4.69, 9.17) is 9.15 Å². The molecule has 0 saturated heterocycles. The van der Waals surface area contributed by atoms with Gasteiger partial charge in [0.05, 0.1) is 12.7 Å². The van der Waals surface area contributed by atoms with Crippen molar-refractivity contribution in [3.63, 3.8) is 0 Å². The highest BCUT2D eigenvalue weighted by molar-refractivity contribution is 5.89. The third-order valence-electron chi connectivity index (χ3n) is 4.54. The number of amides is 2. The fourth-order valence-electron chi connectivity index (χ4n) is 3.08. The molecule has 0 bridgehead atoms. The molecule has 0 radical (unpaired) electrons.